The third kappa shape index (κ3) is 5.46. The lowest BCUT2D eigenvalue weighted by atomic mass is 10.1. The maximum atomic E-state index is 13.2. The number of para-hydroxylation sites is 1. The number of halogens is 1. The predicted molar refractivity (Wildman–Crippen MR) is 123 cm³/mol. The van der Waals surface area contributed by atoms with Crippen molar-refractivity contribution in [3.63, 3.8) is 0 Å². The monoisotopic (exact) mass is 457 g/mol. The summed E-state index contributed by atoms with van der Waals surface area (Å²) in [7, 11) is -4.03. The number of ether oxygens (including phenoxy) is 1. The Morgan fingerprint density at radius 3 is 2.06 bits per heavy atom. The fourth-order valence-corrected chi connectivity index (χ4v) is 4.76. The highest BCUT2D eigenvalue weighted by molar-refractivity contribution is 7.93. The van der Waals surface area contributed by atoms with Crippen LogP contribution in [0.5, 0.6) is 5.75 Å². The number of sulfonamides is 1. The molecule has 3 aromatic carbocycles. The summed E-state index contributed by atoms with van der Waals surface area (Å²) in [6, 6.07) is 20.0. The second-order valence-electron chi connectivity index (χ2n) is 7.13. The molecule has 0 fully saturated rings. The number of anilines is 1. The second-order valence-corrected chi connectivity index (χ2v) is 9.30. The average molecular weight is 458 g/mol. The fourth-order valence-electron chi connectivity index (χ4n) is 3.18. The van der Waals surface area contributed by atoms with Gasteiger partial charge in [0.1, 0.15) is 5.75 Å². The lowest BCUT2D eigenvalue weighted by Crippen LogP contribution is -2.37. The van der Waals surface area contributed by atoms with Gasteiger partial charge >= 0.3 is 0 Å². The number of hydrogen-bond acceptors (Lipinski definition) is 4. The normalized spacial score (nSPS) is 11.2. The Kier molecular flexibility index (Phi) is 7.36. The van der Waals surface area contributed by atoms with E-state index in [1.54, 1.807) is 48.5 Å². The third-order valence-electron chi connectivity index (χ3n) is 4.71. The Morgan fingerprint density at radius 2 is 1.48 bits per heavy atom. The van der Waals surface area contributed by atoms with Crippen molar-refractivity contribution in [3.05, 3.63) is 88.9 Å². The van der Waals surface area contributed by atoms with E-state index < -0.39 is 15.9 Å². The second kappa shape index (κ2) is 9.98. The first-order valence-corrected chi connectivity index (χ1v) is 11.7. The van der Waals surface area contributed by atoms with Crippen molar-refractivity contribution >= 4 is 33.2 Å². The number of nitrogens with zero attached hydrogens (tertiary/aromatic N) is 1. The van der Waals surface area contributed by atoms with Crippen LogP contribution in [0.25, 0.3) is 0 Å². The van der Waals surface area contributed by atoms with E-state index in [4.69, 9.17) is 16.3 Å². The van der Waals surface area contributed by atoms with Gasteiger partial charge in [0, 0.05) is 11.4 Å². The minimum absolute atomic E-state index is 0.0203. The highest BCUT2D eigenvalue weighted by atomic mass is 35.5. The summed E-state index contributed by atoms with van der Waals surface area (Å²) in [6.45, 7) is 4.08. The minimum atomic E-state index is -4.03. The molecule has 3 aromatic rings. The average Bonchev–Trinajstić information content (AvgIpc) is 2.76. The molecule has 0 atom stereocenters. The molecule has 0 bridgehead atoms. The lowest BCUT2D eigenvalue weighted by Gasteiger charge is -2.22. The fraction of sp³-hybridized carbons (Fsp3) is 0.208. The van der Waals surface area contributed by atoms with E-state index in [9.17, 15) is 13.2 Å². The number of rotatable bonds is 8. The number of carbonyl (C=O) groups is 1. The molecule has 0 heterocycles. The zero-order chi connectivity index (χ0) is 22.4. The number of carbonyl (C=O) groups excluding carboxylic acids is 1. The molecular weight excluding hydrogens is 434 g/mol. The van der Waals surface area contributed by atoms with Crippen LogP contribution in [0.15, 0.2) is 77.7 Å². The van der Waals surface area contributed by atoms with Gasteiger partial charge in [0.2, 0.25) is 5.91 Å². The molecule has 162 valence electrons. The summed E-state index contributed by atoms with van der Waals surface area (Å²) in [5.74, 6) is 0.158. The van der Waals surface area contributed by atoms with Crippen LogP contribution in [-0.2, 0) is 14.8 Å². The standard InChI is InChI=1S/C24H24ClNO4S/c1-18-16-21(17-19(2)24(18)25)30-15-9-14-23(27)26(20-10-5-3-6-11-20)31(28,29)22-12-7-4-8-13-22/h3-8,10-13,16-17H,9,14-15H2,1-2H3. The summed E-state index contributed by atoms with van der Waals surface area (Å²) >= 11 is 6.18. The quantitative estimate of drug-likeness (QED) is 0.417. The molecule has 7 heteroatoms. The van der Waals surface area contributed by atoms with Gasteiger partial charge in [-0.25, -0.2) is 12.7 Å². The highest BCUT2D eigenvalue weighted by Gasteiger charge is 2.30. The molecule has 3 rings (SSSR count). The lowest BCUT2D eigenvalue weighted by molar-refractivity contribution is -0.117. The van der Waals surface area contributed by atoms with Crippen molar-refractivity contribution < 1.29 is 17.9 Å². The van der Waals surface area contributed by atoms with E-state index in [-0.39, 0.29) is 17.9 Å². The van der Waals surface area contributed by atoms with Crippen molar-refractivity contribution in [2.45, 2.75) is 31.6 Å². The largest absolute Gasteiger partial charge is 0.494 e. The van der Waals surface area contributed by atoms with Crippen LogP contribution >= 0.6 is 11.6 Å². The van der Waals surface area contributed by atoms with Crippen LogP contribution in [0.3, 0.4) is 0 Å². The Balaban J connectivity index is 1.73. The van der Waals surface area contributed by atoms with Gasteiger partial charge in [-0.15, -0.1) is 0 Å². The third-order valence-corrected chi connectivity index (χ3v) is 7.07. The Morgan fingerprint density at radius 1 is 0.935 bits per heavy atom. The minimum Gasteiger partial charge on any atom is -0.494 e. The molecule has 0 saturated carbocycles. The van der Waals surface area contributed by atoms with Crippen LogP contribution in [-0.4, -0.2) is 20.9 Å². The van der Waals surface area contributed by atoms with Gasteiger partial charge in [-0.2, -0.15) is 0 Å². The molecule has 0 aliphatic heterocycles. The summed E-state index contributed by atoms with van der Waals surface area (Å²) in [5, 5.41) is 0.701. The van der Waals surface area contributed by atoms with Gasteiger partial charge in [-0.05, 0) is 67.8 Å². The molecule has 0 N–H and O–H groups in total. The molecule has 5 nitrogen and oxygen atoms in total. The molecule has 31 heavy (non-hydrogen) atoms. The summed E-state index contributed by atoms with van der Waals surface area (Å²) < 4.78 is 33.0. The summed E-state index contributed by atoms with van der Waals surface area (Å²) in [6.07, 6.45) is 0.389. The van der Waals surface area contributed by atoms with Crippen LogP contribution in [0.2, 0.25) is 5.02 Å². The predicted octanol–water partition coefficient (Wildman–Crippen LogP) is 5.54. The molecule has 0 unspecified atom stereocenters. The van der Waals surface area contributed by atoms with Crippen molar-refractivity contribution in [2.24, 2.45) is 0 Å². The first-order chi connectivity index (χ1) is 14.8. The molecule has 0 saturated heterocycles. The van der Waals surface area contributed by atoms with Crippen LogP contribution in [0.4, 0.5) is 5.69 Å². The molecule has 0 aliphatic rings. The van der Waals surface area contributed by atoms with Crippen molar-refractivity contribution in [2.75, 3.05) is 10.9 Å². The highest BCUT2D eigenvalue weighted by Crippen LogP contribution is 2.27. The zero-order valence-corrected chi connectivity index (χ0v) is 19.0. The molecular formula is C24H24ClNO4S. The van der Waals surface area contributed by atoms with Gasteiger partial charge in [-0.3, -0.25) is 4.79 Å². The van der Waals surface area contributed by atoms with Crippen molar-refractivity contribution in [1.82, 2.24) is 0 Å². The van der Waals surface area contributed by atoms with E-state index in [0.717, 1.165) is 15.4 Å². The summed E-state index contributed by atoms with van der Waals surface area (Å²) in [5.41, 5.74) is 2.13. The van der Waals surface area contributed by atoms with Gasteiger partial charge in [-0.1, -0.05) is 48.0 Å². The van der Waals surface area contributed by atoms with E-state index in [1.807, 2.05) is 26.0 Å². The smallest absolute Gasteiger partial charge is 0.270 e. The van der Waals surface area contributed by atoms with Gasteiger partial charge in [0.15, 0.2) is 0 Å². The first kappa shape index (κ1) is 22.8. The van der Waals surface area contributed by atoms with E-state index >= 15 is 0 Å². The SMILES string of the molecule is Cc1cc(OCCCC(=O)N(c2ccccc2)S(=O)(=O)c2ccccc2)cc(C)c1Cl. The molecule has 1 amide bonds. The molecule has 0 aliphatic carbocycles. The number of hydrogen-bond donors (Lipinski definition) is 0. The van der Waals surface area contributed by atoms with Crippen LogP contribution in [0.1, 0.15) is 24.0 Å². The van der Waals surface area contributed by atoms with Gasteiger partial charge in [0.25, 0.3) is 10.0 Å². The number of amides is 1. The Hall–Kier alpha value is -2.83. The topological polar surface area (TPSA) is 63.7 Å². The van der Waals surface area contributed by atoms with Crippen molar-refractivity contribution in [3.8, 4) is 5.75 Å². The maximum absolute atomic E-state index is 13.2. The first-order valence-electron chi connectivity index (χ1n) is 9.88. The van der Waals surface area contributed by atoms with E-state index in [2.05, 4.69) is 0 Å². The Labute approximate surface area is 188 Å². The maximum Gasteiger partial charge on any atom is 0.270 e. The van der Waals surface area contributed by atoms with Gasteiger partial charge in [0.05, 0.1) is 17.2 Å². The molecule has 0 radical (unpaired) electrons. The number of benzene rings is 3. The van der Waals surface area contributed by atoms with Gasteiger partial charge < -0.3 is 4.74 Å². The van der Waals surface area contributed by atoms with Crippen molar-refractivity contribution in [1.29, 1.82) is 0 Å². The van der Waals surface area contributed by atoms with E-state index in [1.165, 1.54) is 12.1 Å². The number of aryl methyl sites for hydroxylation is 2. The van der Waals surface area contributed by atoms with Crippen LogP contribution < -0.4 is 9.04 Å². The molecule has 0 spiro atoms. The zero-order valence-electron chi connectivity index (χ0n) is 17.4. The van der Waals surface area contributed by atoms with Crippen LogP contribution in [0, 0.1) is 13.8 Å². The Bertz CT molecular complexity index is 1130. The van der Waals surface area contributed by atoms with E-state index in [0.29, 0.717) is 22.9 Å². The summed E-state index contributed by atoms with van der Waals surface area (Å²) in [4.78, 5) is 13.1. The molecule has 0 aromatic heterocycles.